The van der Waals surface area contributed by atoms with Crippen LogP contribution < -0.4 is 15.5 Å². The Morgan fingerprint density at radius 2 is 1.81 bits per heavy atom. The monoisotopic (exact) mass is 351 g/mol. The highest BCUT2D eigenvalue weighted by atomic mass is 16.2. The van der Waals surface area contributed by atoms with Crippen molar-refractivity contribution in [1.82, 2.24) is 5.32 Å². The number of likely N-dealkylation sites (N-methyl/N-ethyl adjacent to an activating group) is 1. The van der Waals surface area contributed by atoms with Crippen molar-refractivity contribution in [3.8, 4) is 0 Å². The zero-order valence-corrected chi connectivity index (χ0v) is 14.6. The Kier molecular flexibility index (Phi) is 5.31. The van der Waals surface area contributed by atoms with Gasteiger partial charge < -0.3 is 15.5 Å². The van der Waals surface area contributed by atoms with E-state index in [2.05, 4.69) is 10.6 Å². The van der Waals surface area contributed by atoms with E-state index in [4.69, 9.17) is 0 Å². The molecule has 2 aromatic rings. The Morgan fingerprint density at radius 1 is 1.08 bits per heavy atom. The molecule has 0 unspecified atom stereocenters. The van der Waals surface area contributed by atoms with Crippen LogP contribution in [0.25, 0.3) is 0 Å². The van der Waals surface area contributed by atoms with E-state index in [0.717, 1.165) is 24.2 Å². The number of nitrogens with one attached hydrogen (secondary N) is 2. The van der Waals surface area contributed by atoms with Crippen molar-refractivity contribution < 1.29 is 14.4 Å². The van der Waals surface area contributed by atoms with Gasteiger partial charge in [0.1, 0.15) is 0 Å². The molecule has 0 saturated carbocycles. The van der Waals surface area contributed by atoms with E-state index in [1.54, 1.807) is 42.3 Å². The second-order valence-corrected chi connectivity index (χ2v) is 6.16. The third-order valence-electron chi connectivity index (χ3n) is 4.41. The van der Waals surface area contributed by atoms with Crippen molar-refractivity contribution in [2.45, 2.75) is 19.3 Å². The van der Waals surface area contributed by atoms with Crippen LogP contribution in [0.15, 0.2) is 48.5 Å². The maximum absolute atomic E-state index is 12.5. The van der Waals surface area contributed by atoms with Crippen molar-refractivity contribution in [3.05, 3.63) is 59.7 Å². The second-order valence-electron chi connectivity index (χ2n) is 6.16. The van der Waals surface area contributed by atoms with Gasteiger partial charge >= 0.3 is 0 Å². The molecule has 1 aliphatic rings. The molecular formula is C20H21N3O3. The van der Waals surface area contributed by atoms with Gasteiger partial charge in [-0.25, -0.2) is 0 Å². The summed E-state index contributed by atoms with van der Waals surface area (Å²) >= 11 is 0. The van der Waals surface area contributed by atoms with Crippen LogP contribution in [0.1, 0.15) is 28.8 Å². The predicted molar refractivity (Wildman–Crippen MR) is 100 cm³/mol. The third-order valence-corrected chi connectivity index (χ3v) is 4.41. The van der Waals surface area contributed by atoms with Crippen molar-refractivity contribution in [1.29, 1.82) is 0 Å². The summed E-state index contributed by atoms with van der Waals surface area (Å²) in [6.45, 7) is 0.719. The van der Waals surface area contributed by atoms with Gasteiger partial charge in [-0.15, -0.1) is 0 Å². The quantitative estimate of drug-likeness (QED) is 0.868. The van der Waals surface area contributed by atoms with Gasteiger partial charge in [0, 0.05) is 37.0 Å². The van der Waals surface area contributed by atoms with Gasteiger partial charge in [-0.3, -0.25) is 14.4 Å². The van der Waals surface area contributed by atoms with Gasteiger partial charge in [-0.2, -0.15) is 0 Å². The SMILES string of the molecule is CNC(=O)Cc1ccccc1NC(=O)c1ccc(N2CCCC2=O)cc1. The molecule has 0 bridgehead atoms. The number of rotatable bonds is 5. The van der Waals surface area contributed by atoms with E-state index in [-0.39, 0.29) is 24.1 Å². The summed E-state index contributed by atoms with van der Waals surface area (Å²) in [5.74, 6) is -0.259. The maximum atomic E-state index is 12.5. The van der Waals surface area contributed by atoms with Crippen molar-refractivity contribution >= 4 is 29.1 Å². The summed E-state index contributed by atoms with van der Waals surface area (Å²) in [7, 11) is 1.58. The number of anilines is 2. The Balaban J connectivity index is 1.72. The zero-order chi connectivity index (χ0) is 18.5. The molecule has 26 heavy (non-hydrogen) atoms. The number of benzene rings is 2. The summed E-state index contributed by atoms with van der Waals surface area (Å²) < 4.78 is 0. The molecule has 0 spiro atoms. The van der Waals surface area contributed by atoms with Crippen molar-refractivity contribution in [2.75, 3.05) is 23.8 Å². The van der Waals surface area contributed by atoms with Crippen LogP contribution in [-0.4, -0.2) is 31.3 Å². The van der Waals surface area contributed by atoms with Crippen LogP contribution in [0.4, 0.5) is 11.4 Å². The van der Waals surface area contributed by atoms with Crippen molar-refractivity contribution in [2.24, 2.45) is 0 Å². The summed E-state index contributed by atoms with van der Waals surface area (Å²) in [4.78, 5) is 37.7. The maximum Gasteiger partial charge on any atom is 0.255 e. The minimum Gasteiger partial charge on any atom is -0.359 e. The topological polar surface area (TPSA) is 78.5 Å². The molecule has 3 amide bonds. The van der Waals surface area contributed by atoms with Crippen LogP contribution in [0, 0.1) is 0 Å². The normalized spacial score (nSPS) is 13.6. The number of amides is 3. The van der Waals surface area contributed by atoms with Crippen LogP contribution in [0.3, 0.4) is 0 Å². The number of hydrogen-bond acceptors (Lipinski definition) is 3. The predicted octanol–water partition coefficient (Wildman–Crippen LogP) is 2.35. The molecule has 2 N–H and O–H groups in total. The van der Waals surface area contributed by atoms with Crippen molar-refractivity contribution in [3.63, 3.8) is 0 Å². The fourth-order valence-electron chi connectivity index (χ4n) is 2.97. The molecule has 0 aliphatic carbocycles. The lowest BCUT2D eigenvalue weighted by Gasteiger charge is -2.16. The number of nitrogens with zero attached hydrogens (tertiary/aromatic N) is 1. The minimum absolute atomic E-state index is 0.116. The smallest absolute Gasteiger partial charge is 0.255 e. The summed E-state index contributed by atoms with van der Waals surface area (Å²) in [5.41, 5.74) is 2.67. The van der Waals surface area contributed by atoms with E-state index in [9.17, 15) is 14.4 Å². The number of para-hydroxylation sites is 1. The van der Waals surface area contributed by atoms with E-state index >= 15 is 0 Å². The highest BCUT2D eigenvalue weighted by molar-refractivity contribution is 6.05. The molecule has 1 fully saturated rings. The highest BCUT2D eigenvalue weighted by Gasteiger charge is 2.21. The van der Waals surface area contributed by atoms with Gasteiger partial charge in [0.15, 0.2) is 0 Å². The first-order valence-corrected chi connectivity index (χ1v) is 8.59. The van der Waals surface area contributed by atoms with E-state index in [0.29, 0.717) is 17.7 Å². The second kappa shape index (κ2) is 7.82. The van der Waals surface area contributed by atoms with Crippen LogP contribution >= 0.6 is 0 Å². The molecule has 0 radical (unpaired) electrons. The molecule has 0 aromatic heterocycles. The Morgan fingerprint density at radius 3 is 2.46 bits per heavy atom. The van der Waals surface area contributed by atoms with E-state index < -0.39 is 0 Å². The van der Waals surface area contributed by atoms with Gasteiger partial charge in [0.25, 0.3) is 5.91 Å². The first-order chi connectivity index (χ1) is 12.6. The highest BCUT2D eigenvalue weighted by Crippen LogP contribution is 2.22. The van der Waals surface area contributed by atoms with Gasteiger partial charge in [-0.05, 0) is 42.3 Å². The average Bonchev–Trinajstić information content (AvgIpc) is 3.09. The van der Waals surface area contributed by atoms with E-state index in [1.165, 1.54) is 0 Å². The standard InChI is InChI=1S/C20H21N3O3/c1-21-18(24)13-15-5-2-3-6-17(15)22-20(26)14-8-10-16(11-9-14)23-12-4-7-19(23)25/h2-3,5-6,8-11H,4,7,12-13H2,1H3,(H,21,24)(H,22,26). The molecule has 6 nitrogen and oxygen atoms in total. The van der Waals surface area contributed by atoms with Crippen LogP contribution in [-0.2, 0) is 16.0 Å². The Bertz CT molecular complexity index is 830. The van der Waals surface area contributed by atoms with Gasteiger partial charge in [-0.1, -0.05) is 18.2 Å². The molecule has 6 heteroatoms. The molecule has 2 aromatic carbocycles. The fraction of sp³-hybridized carbons (Fsp3) is 0.250. The fourth-order valence-corrected chi connectivity index (χ4v) is 2.97. The largest absolute Gasteiger partial charge is 0.359 e. The Labute approximate surface area is 152 Å². The first-order valence-electron chi connectivity index (χ1n) is 8.59. The van der Waals surface area contributed by atoms with Crippen LogP contribution in [0.5, 0.6) is 0 Å². The average molecular weight is 351 g/mol. The molecule has 134 valence electrons. The number of carbonyl (C=O) groups excluding carboxylic acids is 3. The molecule has 0 atom stereocenters. The minimum atomic E-state index is -0.256. The molecule has 1 heterocycles. The lowest BCUT2D eigenvalue weighted by atomic mass is 10.1. The van der Waals surface area contributed by atoms with Gasteiger partial charge in [0.2, 0.25) is 11.8 Å². The molecular weight excluding hydrogens is 330 g/mol. The third kappa shape index (κ3) is 3.91. The van der Waals surface area contributed by atoms with Gasteiger partial charge in [0.05, 0.1) is 6.42 Å². The zero-order valence-electron chi connectivity index (χ0n) is 14.6. The number of hydrogen-bond donors (Lipinski definition) is 2. The molecule has 1 aliphatic heterocycles. The summed E-state index contributed by atoms with van der Waals surface area (Å²) in [5, 5.41) is 5.43. The summed E-state index contributed by atoms with van der Waals surface area (Å²) in [6, 6.07) is 14.2. The first kappa shape index (κ1) is 17.7. The number of carbonyl (C=O) groups is 3. The molecule has 1 saturated heterocycles. The van der Waals surface area contributed by atoms with E-state index in [1.807, 2.05) is 18.2 Å². The summed E-state index contributed by atoms with van der Waals surface area (Å²) in [6.07, 6.45) is 1.64. The Hall–Kier alpha value is -3.15. The molecule has 3 rings (SSSR count). The van der Waals surface area contributed by atoms with Crippen LogP contribution in [0.2, 0.25) is 0 Å². The lowest BCUT2D eigenvalue weighted by molar-refractivity contribution is -0.120. The lowest BCUT2D eigenvalue weighted by Crippen LogP contribution is -2.23.